The van der Waals surface area contributed by atoms with Crippen LogP contribution in [0.3, 0.4) is 0 Å². The molecule has 0 fully saturated rings. The van der Waals surface area contributed by atoms with Crippen molar-refractivity contribution in [3.05, 3.63) is 59.7 Å². The van der Waals surface area contributed by atoms with Gasteiger partial charge in [-0.05, 0) is 56.0 Å². The molecule has 2 rings (SSSR count). The molecule has 22 heavy (non-hydrogen) atoms. The third-order valence-electron chi connectivity index (χ3n) is 3.71. The minimum Gasteiger partial charge on any atom is -0.494 e. The summed E-state index contributed by atoms with van der Waals surface area (Å²) in [5.41, 5.74) is 3.88. The Morgan fingerprint density at radius 3 is 2.32 bits per heavy atom. The zero-order chi connectivity index (χ0) is 15.6. The van der Waals surface area contributed by atoms with E-state index >= 15 is 0 Å². The Balaban J connectivity index is 1.63. The van der Waals surface area contributed by atoms with E-state index in [2.05, 4.69) is 55.6 Å². The summed E-state index contributed by atoms with van der Waals surface area (Å²) in [4.78, 5) is 0. The summed E-state index contributed by atoms with van der Waals surface area (Å²) in [6, 6.07) is 17.0. The minimum absolute atomic E-state index is 0.741. The standard InChI is InChI=1S/C20H27NO/c1-3-4-6-18-9-11-19(12-10-18)21-15-5-16-22-20-13-7-17(2)8-14-20/h7-14,21H,3-6,15-16H2,1-2H3. The van der Waals surface area contributed by atoms with Gasteiger partial charge in [-0.3, -0.25) is 0 Å². The largest absolute Gasteiger partial charge is 0.494 e. The molecular weight excluding hydrogens is 270 g/mol. The predicted octanol–water partition coefficient (Wildman–Crippen LogP) is 5.22. The topological polar surface area (TPSA) is 21.3 Å². The Morgan fingerprint density at radius 1 is 0.909 bits per heavy atom. The summed E-state index contributed by atoms with van der Waals surface area (Å²) in [5.74, 6) is 0.950. The highest BCUT2D eigenvalue weighted by atomic mass is 16.5. The smallest absolute Gasteiger partial charge is 0.119 e. The average Bonchev–Trinajstić information content (AvgIpc) is 2.55. The molecule has 0 atom stereocenters. The van der Waals surface area contributed by atoms with Crippen molar-refractivity contribution >= 4 is 5.69 Å². The summed E-state index contributed by atoms with van der Waals surface area (Å²) in [6.07, 6.45) is 4.69. The monoisotopic (exact) mass is 297 g/mol. The fraction of sp³-hybridized carbons (Fsp3) is 0.400. The Kier molecular flexibility index (Phi) is 6.82. The van der Waals surface area contributed by atoms with Crippen LogP contribution in [0.25, 0.3) is 0 Å². The first-order valence-electron chi connectivity index (χ1n) is 8.30. The third-order valence-corrected chi connectivity index (χ3v) is 3.71. The first kappa shape index (κ1) is 16.4. The number of anilines is 1. The molecule has 0 radical (unpaired) electrons. The Morgan fingerprint density at radius 2 is 1.64 bits per heavy atom. The molecule has 0 saturated heterocycles. The van der Waals surface area contributed by atoms with Crippen LogP contribution in [-0.2, 0) is 6.42 Å². The fourth-order valence-corrected chi connectivity index (χ4v) is 2.30. The molecule has 0 amide bonds. The highest BCUT2D eigenvalue weighted by Crippen LogP contribution is 2.13. The van der Waals surface area contributed by atoms with Gasteiger partial charge in [0, 0.05) is 12.2 Å². The number of nitrogens with one attached hydrogen (secondary N) is 1. The van der Waals surface area contributed by atoms with Gasteiger partial charge in [0.1, 0.15) is 5.75 Å². The summed E-state index contributed by atoms with van der Waals surface area (Å²) >= 11 is 0. The molecule has 0 unspecified atom stereocenters. The highest BCUT2D eigenvalue weighted by Gasteiger charge is 1.96. The maximum Gasteiger partial charge on any atom is 0.119 e. The summed E-state index contributed by atoms with van der Waals surface area (Å²) in [7, 11) is 0. The van der Waals surface area contributed by atoms with E-state index in [4.69, 9.17) is 4.74 Å². The molecule has 2 aromatic carbocycles. The van der Waals surface area contributed by atoms with Gasteiger partial charge < -0.3 is 10.1 Å². The van der Waals surface area contributed by atoms with E-state index in [1.54, 1.807) is 0 Å². The molecule has 2 aromatic rings. The molecule has 0 aliphatic rings. The fourth-order valence-electron chi connectivity index (χ4n) is 2.30. The van der Waals surface area contributed by atoms with E-state index in [0.717, 1.165) is 25.3 Å². The van der Waals surface area contributed by atoms with Crippen LogP contribution in [0.5, 0.6) is 5.75 Å². The van der Waals surface area contributed by atoms with Crippen LogP contribution in [0.1, 0.15) is 37.3 Å². The average molecular weight is 297 g/mol. The molecule has 2 heteroatoms. The van der Waals surface area contributed by atoms with Gasteiger partial charge in [0.25, 0.3) is 0 Å². The van der Waals surface area contributed by atoms with Gasteiger partial charge in [-0.25, -0.2) is 0 Å². The second kappa shape index (κ2) is 9.14. The van der Waals surface area contributed by atoms with Crippen LogP contribution in [0.4, 0.5) is 5.69 Å². The van der Waals surface area contributed by atoms with Crippen molar-refractivity contribution in [1.82, 2.24) is 0 Å². The molecule has 2 nitrogen and oxygen atoms in total. The number of ether oxygens (including phenoxy) is 1. The van der Waals surface area contributed by atoms with Crippen LogP contribution in [0.2, 0.25) is 0 Å². The lowest BCUT2D eigenvalue weighted by molar-refractivity contribution is 0.315. The summed E-state index contributed by atoms with van der Waals surface area (Å²) in [6.45, 7) is 5.99. The molecular formula is C20H27NO. The number of hydrogen-bond acceptors (Lipinski definition) is 2. The van der Waals surface area contributed by atoms with Crippen molar-refractivity contribution < 1.29 is 4.74 Å². The quantitative estimate of drug-likeness (QED) is 0.641. The minimum atomic E-state index is 0.741. The van der Waals surface area contributed by atoms with Gasteiger partial charge in [0.05, 0.1) is 6.61 Å². The van der Waals surface area contributed by atoms with Crippen molar-refractivity contribution in [2.24, 2.45) is 0 Å². The Labute approximate surface area is 134 Å². The van der Waals surface area contributed by atoms with E-state index in [-0.39, 0.29) is 0 Å². The molecule has 0 heterocycles. The zero-order valence-electron chi connectivity index (χ0n) is 13.8. The van der Waals surface area contributed by atoms with Crippen molar-refractivity contribution in [2.75, 3.05) is 18.5 Å². The summed E-state index contributed by atoms with van der Waals surface area (Å²) < 4.78 is 5.72. The number of rotatable bonds is 9. The molecule has 0 bridgehead atoms. The molecule has 0 aliphatic heterocycles. The SMILES string of the molecule is CCCCc1ccc(NCCCOc2ccc(C)cc2)cc1. The number of aryl methyl sites for hydroxylation is 2. The van der Waals surface area contributed by atoms with Crippen molar-refractivity contribution in [1.29, 1.82) is 0 Å². The lowest BCUT2D eigenvalue weighted by Gasteiger charge is -2.09. The maximum absolute atomic E-state index is 5.72. The highest BCUT2D eigenvalue weighted by molar-refractivity contribution is 5.44. The van der Waals surface area contributed by atoms with Gasteiger partial charge in [-0.15, -0.1) is 0 Å². The van der Waals surface area contributed by atoms with Gasteiger partial charge in [-0.2, -0.15) is 0 Å². The summed E-state index contributed by atoms with van der Waals surface area (Å²) in [5, 5.41) is 3.44. The van der Waals surface area contributed by atoms with E-state index in [0.29, 0.717) is 0 Å². The third kappa shape index (κ3) is 5.80. The molecule has 0 aromatic heterocycles. The van der Waals surface area contributed by atoms with Crippen molar-refractivity contribution in [3.63, 3.8) is 0 Å². The predicted molar refractivity (Wildman–Crippen MR) is 94.8 cm³/mol. The van der Waals surface area contributed by atoms with Crippen LogP contribution < -0.4 is 10.1 Å². The lowest BCUT2D eigenvalue weighted by atomic mass is 10.1. The molecule has 0 aliphatic carbocycles. The van der Waals surface area contributed by atoms with Crippen molar-refractivity contribution in [3.8, 4) is 5.75 Å². The number of benzene rings is 2. The second-order valence-corrected chi connectivity index (χ2v) is 5.74. The first-order valence-corrected chi connectivity index (χ1v) is 8.30. The molecule has 0 saturated carbocycles. The molecule has 0 spiro atoms. The number of hydrogen-bond donors (Lipinski definition) is 1. The number of unbranched alkanes of at least 4 members (excludes halogenated alkanes) is 1. The molecule has 118 valence electrons. The lowest BCUT2D eigenvalue weighted by Crippen LogP contribution is -2.07. The Bertz CT molecular complexity index is 531. The molecule has 1 N–H and O–H groups in total. The van der Waals surface area contributed by atoms with Gasteiger partial charge in [-0.1, -0.05) is 43.2 Å². The van der Waals surface area contributed by atoms with Crippen molar-refractivity contribution in [2.45, 2.75) is 39.5 Å². The Hall–Kier alpha value is -1.96. The van der Waals surface area contributed by atoms with Crippen LogP contribution >= 0.6 is 0 Å². The van der Waals surface area contributed by atoms with E-state index in [9.17, 15) is 0 Å². The van der Waals surface area contributed by atoms with E-state index < -0.39 is 0 Å². The van der Waals surface area contributed by atoms with Gasteiger partial charge in [0.2, 0.25) is 0 Å². The van der Waals surface area contributed by atoms with Gasteiger partial charge >= 0.3 is 0 Å². The van der Waals surface area contributed by atoms with Gasteiger partial charge in [0.15, 0.2) is 0 Å². The maximum atomic E-state index is 5.72. The van der Waals surface area contributed by atoms with E-state index in [1.807, 2.05) is 12.1 Å². The normalized spacial score (nSPS) is 10.5. The van der Waals surface area contributed by atoms with Crippen LogP contribution in [-0.4, -0.2) is 13.2 Å². The van der Waals surface area contributed by atoms with Crippen LogP contribution in [0.15, 0.2) is 48.5 Å². The van der Waals surface area contributed by atoms with Crippen LogP contribution in [0, 0.1) is 6.92 Å². The first-order chi connectivity index (χ1) is 10.8. The van der Waals surface area contributed by atoms with E-state index in [1.165, 1.54) is 36.1 Å². The zero-order valence-corrected chi connectivity index (χ0v) is 13.8. The second-order valence-electron chi connectivity index (χ2n) is 5.74.